The maximum Gasteiger partial charge on any atom is 0.305 e. The molecule has 0 spiro atoms. The summed E-state index contributed by atoms with van der Waals surface area (Å²) in [6.45, 7) is 31.3. The summed E-state index contributed by atoms with van der Waals surface area (Å²) in [5.41, 5.74) is -0.974. The van der Waals surface area contributed by atoms with E-state index in [0.29, 0.717) is 0 Å². The van der Waals surface area contributed by atoms with E-state index in [1.54, 1.807) is 0 Å². The van der Waals surface area contributed by atoms with Crippen LogP contribution in [0.3, 0.4) is 0 Å². The molecule has 1 N–H and O–H groups in total. The van der Waals surface area contributed by atoms with Crippen LogP contribution < -0.4 is 0 Å². The number of ketones is 1. The Morgan fingerprint density at radius 3 is 1.62 bits per heavy atom. The highest BCUT2D eigenvalue weighted by molar-refractivity contribution is 6.74. The highest BCUT2D eigenvalue weighted by Gasteiger charge is 2.49. The lowest BCUT2D eigenvalue weighted by Crippen LogP contribution is -2.54. The number of carboxylic acid groups (broad SMARTS) is 1. The van der Waals surface area contributed by atoms with E-state index in [2.05, 4.69) is 80.7 Å². The summed E-state index contributed by atoms with van der Waals surface area (Å²) in [6.07, 6.45) is 2.91. The topological polar surface area (TPSA) is 72.8 Å². The number of allylic oxidation sites excluding steroid dienone is 1. The Morgan fingerprint density at radius 2 is 1.26 bits per heavy atom. The first-order chi connectivity index (χ1) is 14.9. The minimum Gasteiger partial charge on any atom is -0.481 e. The molecular formula is C27H54O5Si2. The SMILES string of the molecule is C/C=C\[C@H](C)[C@H](O[Si](C)(C)C(C)(C)C)[C@@H](C)C(=O)C(C)(C)[C@H](CC(=O)O)O[Si](C)(C)C(C)(C)C. The van der Waals surface area contributed by atoms with Crippen molar-refractivity contribution in [2.24, 2.45) is 17.3 Å². The normalized spacial score (nSPS) is 18.0. The largest absolute Gasteiger partial charge is 0.481 e. The van der Waals surface area contributed by atoms with Crippen LogP contribution in [0.1, 0.15) is 82.6 Å². The molecule has 0 saturated heterocycles. The number of hydrogen-bond donors (Lipinski definition) is 1. The van der Waals surface area contributed by atoms with Crippen LogP contribution in [0.15, 0.2) is 12.2 Å². The van der Waals surface area contributed by atoms with Crippen LogP contribution in [0.25, 0.3) is 0 Å². The summed E-state index contributed by atoms with van der Waals surface area (Å²) in [7, 11) is -4.45. The minimum absolute atomic E-state index is 0.00229. The first-order valence-corrected chi connectivity index (χ1v) is 18.5. The van der Waals surface area contributed by atoms with E-state index < -0.39 is 40.0 Å². The van der Waals surface area contributed by atoms with Gasteiger partial charge in [-0.05, 0) is 49.1 Å². The summed E-state index contributed by atoms with van der Waals surface area (Å²) in [5, 5.41) is 9.59. The van der Waals surface area contributed by atoms with Crippen LogP contribution in [-0.4, -0.2) is 45.7 Å². The zero-order chi connectivity index (χ0) is 27.5. The van der Waals surface area contributed by atoms with Gasteiger partial charge in [0, 0.05) is 11.3 Å². The van der Waals surface area contributed by atoms with Crippen molar-refractivity contribution >= 4 is 28.4 Å². The van der Waals surface area contributed by atoms with Gasteiger partial charge in [0.1, 0.15) is 5.78 Å². The monoisotopic (exact) mass is 514 g/mol. The molecule has 0 aromatic rings. The van der Waals surface area contributed by atoms with E-state index in [0.717, 1.165) is 0 Å². The highest BCUT2D eigenvalue weighted by atomic mass is 28.4. The molecule has 0 aliphatic rings. The number of carboxylic acids is 1. The Bertz CT molecular complexity index is 726. The smallest absolute Gasteiger partial charge is 0.305 e. The molecule has 0 aromatic carbocycles. The van der Waals surface area contributed by atoms with Gasteiger partial charge >= 0.3 is 5.97 Å². The maximum absolute atomic E-state index is 14.1. The van der Waals surface area contributed by atoms with E-state index in [1.165, 1.54) is 0 Å². The second-order valence-electron chi connectivity index (χ2n) is 13.6. The molecule has 200 valence electrons. The number of aliphatic carboxylic acids is 1. The first-order valence-electron chi connectivity index (χ1n) is 12.7. The van der Waals surface area contributed by atoms with Crippen molar-refractivity contribution in [3.05, 3.63) is 12.2 Å². The molecule has 0 aromatic heterocycles. The Balaban J connectivity index is 6.32. The summed E-state index contributed by atoms with van der Waals surface area (Å²) in [6, 6.07) is 0. The molecule has 4 atom stereocenters. The molecule has 0 amide bonds. The van der Waals surface area contributed by atoms with Crippen molar-refractivity contribution in [3.63, 3.8) is 0 Å². The van der Waals surface area contributed by atoms with Crippen LogP contribution in [0.5, 0.6) is 0 Å². The van der Waals surface area contributed by atoms with Gasteiger partial charge in [0.15, 0.2) is 16.6 Å². The molecule has 0 radical (unpaired) electrons. The Morgan fingerprint density at radius 1 is 0.853 bits per heavy atom. The molecule has 34 heavy (non-hydrogen) atoms. The molecule has 0 unspecified atom stereocenters. The van der Waals surface area contributed by atoms with Crippen LogP contribution >= 0.6 is 0 Å². The third-order valence-electron chi connectivity index (χ3n) is 8.20. The fraction of sp³-hybridized carbons (Fsp3) is 0.852. The summed E-state index contributed by atoms with van der Waals surface area (Å²) < 4.78 is 13.4. The predicted molar refractivity (Wildman–Crippen MR) is 148 cm³/mol. The Hall–Kier alpha value is -0.766. The third kappa shape index (κ3) is 8.42. The van der Waals surface area contributed by atoms with Gasteiger partial charge in [-0.2, -0.15) is 0 Å². The van der Waals surface area contributed by atoms with Gasteiger partial charge in [0.25, 0.3) is 0 Å². The summed E-state index contributed by atoms with van der Waals surface area (Å²) in [5.74, 6) is -1.31. The Kier molecular flexibility index (Phi) is 11.3. The van der Waals surface area contributed by atoms with E-state index in [1.807, 2.05) is 33.8 Å². The molecular weight excluding hydrogens is 460 g/mol. The zero-order valence-electron chi connectivity index (χ0n) is 24.8. The summed E-state index contributed by atoms with van der Waals surface area (Å²) >= 11 is 0. The molecule has 0 saturated carbocycles. The minimum atomic E-state index is -2.30. The number of hydrogen-bond acceptors (Lipinski definition) is 4. The van der Waals surface area contributed by atoms with E-state index >= 15 is 0 Å². The van der Waals surface area contributed by atoms with Gasteiger partial charge in [-0.15, -0.1) is 0 Å². The zero-order valence-corrected chi connectivity index (χ0v) is 26.8. The molecule has 0 heterocycles. The first kappa shape index (κ1) is 33.2. The van der Waals surface area contributed by atoms with Crippen LogP contribution in [-0.2, 0) is 18.4 Å². The standard InChI is InChI=1S/C27H54O5Si2/c1-16-17-19(2)23(32-34(14,15)26(7,8)9)20(3)24(30)27(10,11)21(18-22(28)29)31-33(12,13)25(4,5)6/h16-17,19-21,23H,18H2,1-15H3,(H,28,29)/b17-16-/t19-,20+,21-,23-/m0/s1. The number of carbonyl (C=O) groups is 2. The Labute approximate surface area is 212 Å². The van der Waals surface area contributed by atoms with Crippen molar-refractivity contribution in [1.82, 2.24) is 0 Å². The van der Waals surface area contributed by atoms with Crippen LogP contribution in [0.2, 0.25) is 36.3 Å². The van der Waals surface area contributed by atoms with E-state index in [4.69, 9.17) is 8.85 Å². The number of rotatable bonds is 12. The molecule has 0 fully saturated rings. The quantitative estimate of drug-likeness (QED) is 0.213. The molecule has 0 bridgehead atoms. The van der Waals surface area contributed by atoms with Gasteiger partial charge in [0.05, 0.1) is 18.6 Å². The molecule has 5 nitrogen and oxygen atoms in total. The van der Waals surface area contributed by atoms with Crippen molar-refractivity contribution in [1.29, 1.82) is 0 Å². The molecule has 0 rings (SSSR count). The maximum atomic E-state index is 14.1. The van der Waals surface area contributed by atoms with Crippen LogP contribution in [0, 0.1) is 17.3 Å². The second-order valence-corrected chi connectivity index (χ2v) is 23.1. The lowest BCUT2D eigenvalue weighted by Gasteiger charge is -2.46. The van der Waals surface area contributed by atoms with Crippen molar-refractivity contribution < 1.29 is 23.5 Å². The average Bonchev–Trinajstić information content (AvgIpc) is 2.62. The van der Waals surface area contributed by atoms with Gasteiger partial charge in [-0.1, -0.05) is 81.4 Å². The van der Waals surface area contributed by atoms with Crippen molar-refractivity contribution in [2.45, 2.75) is 131 Å². The number of carbonyl (C=O) groups excluding carboxylic acids is 1. The fourth-order valence-corrected chi connectivity index (χ4v) is 6.52. The molecule has 0 aliphatic heterocycles. The van der Waals surface area contributed by atoms with Gasteiger partial charge in [-0.25, -0.2) is 0 Å². The van der Waals surface area contributed by atoms with E-state index in [-0.39, 0.29) is 34.3 Å². The average molecular weight is 515 g/mol. The molecule has 7 heteroatoms. The van der Waals surface area contributed by atoms with Gasteiger partial charge in [0.2, 0.25) is 0 Å². The second kappa shape index (κ2) is 11.5. The highest BCUT2D eigenvalue weighted by Crippen LogP contribution is 2.43. The predicted octanol–water partition coefficient (Wildman–Crippen LogP) is 7.69. The van der Waals surface area contributed by atoms with E-state index in [9.17, 15) is 14.7 Å². The fourth-order valence-electron chi connectivity index (χ4n) is 3.62. The third-order valence-corrected chi connectivity index (χ3v) is 17.2. The van der Waals surface area contributed by atoms with Gasteiger partial charge in [-0.3, -0.25) is 9.59 Å². The lowest BCUT2D eigenvalue weighted by molar-refractivity contribution is -0.146. The molecule has 0 aliphatic carbocycles. The number of Topliss-reactive ketones (excluding diaryl/α,β-unsaturated/α-hetero) is 1. The van der Waals surface area contributed by atoms with Crippen LogP contribution in [0.4, 0.5) is 0 Å². The lowest BCUT2D eigenvalue weighted by atomic mass is 9.73. The van der Waals surface area contributed by atoms with Gasteiger partial charge < -0.3 is 14.0 Å². The van der Waals surface area contributed by atoms with Crippen molar-refractivity contribution in [3.8, 4) is 0 Å². The van der Waals surface area contributed by atoms with Crippen molar-refractivity contribution in [2.75, 3.05) is 0 Å². The summed E-state index contributed by atoms with van der Waals surface area (Å²) in [4.78, 5) is 25.9.